The first-order valence-corrected chi connectivity index (χ1v) is 8.62. The van der Waals surface area contributed by atoms with E-state index in [-0.39, 0.29) is 6.04 Å². The van der Waals surface area contributed by atoms with Crippen LogP contribution < -0.4 is 11.3 Å². The summed E-state index contributed by atoms with van der Waals surface area (Å²) in [5.41, 5.74) is 4.03. The fourth-order valence-electron chi connectivity index (χ4n) is 2.58. The van der Waals surface area contributed by atoms with E-state index in [0.29, 0.717) is 6.04 Å². The van der Waals surface area contributed by atoms with Crippen molar-refractivity contribution in [3.63, 3.8) is 0 Å². The van der Waals surface area contributed by atoms with E-state index in [0.717, 1.165) is 31.4 Å². The number of rotatable bonds is 8. The summed E-state index contributed by atoms with van der Waals surface area (Å²) in [7, 11) is 0. The SMILES string of the molecule is CCc1ccc(C(Cc2ccn(C(CC)CC)n2)NN)s1. The Morgan fingerprint density at radius 3 is 2.57 bits per heavy atom. The quantitative estimate of drug-likeness (QED) is 0.578. The van der Waals surface area contributed by atoms with Crippen molar-refractivity contribution in [3.05, 3.63) is 39.8 Å². The Bertz CT molecular complexity index is 542. The van der Waals surface area contributed by atoms with Crippen LogP contribution in [0.5, 0.6) is 0 Å². The summed E-state index contributed by atoms with van der Waals surface area (Å²) in [5.74, 6) is 5.74. The van der Waals surface area contributed by atoms with Crippen LogP contribution in [0.2, 0.25) is 0 Å². The van der Waals surface area contributed by atoms with Crippen LogP contribution in [0.1, 0.15) is 61.1 Å². The Kier molecular flexibility index (Phi) is 5.96. The van der Waals surface area contributed by atoms with Gasteiger partial charge in [-0.25, -0.2) is 0 Å². The van der Waals surface area contributed by atoms with Gasteiger partial charge in [-0.1, -0.05) is 20.8 Å². The molecule has 116 valence electrons. The average Bonchev–Trinajstić information content (AvgIpc) is 3.15. The Balaban J connectivity index is 2.08. The molecule has 0 saturated heterocycles. The zero-order valence-corrected chi connectivity index (χ0v) is 14.0. The molecule has 0 spiro atoms. The first-order valence-electron chi connectivity index (χ1n) is 7.80. The van der Waals surface area contributed by atoms with Gasteiger partial charge in [0.2, 0.25) is 0 Å². The molecule has 0 aliphatic carbocycles. The fourth-order valence-corrected chi connectivity index (χ4v) is 3.59. The van der Waals surface area contributed by atoms with Crippen LogP contribution in [0.25, 0.3) is 0 Å². The van der Waals surface area contributed by atoms with Crippen LogP contribution in [0.4, 0.5) is 0 Å². The minimum Gasteiger partial charge on any atom is -0.271 e. The summed E-state index contributed by atoms with van der Waals surface area (Å²) in [6.07, 6.45) is 6.22. The molecular weight excluding hydrogens is 280 g/mol. The number of hydrazine groups is 1. The molecule has 1 unspecified atom stereocenters. The molecule has 2 aromatic rings. The molecule has 0 saturated carbocycles. The van der Waals surface area contributed by atoms with Gasteiger partial charge in [0.1, 0.15) is 0 Å². The predicted molar refractivity (Wildman–Crippen MR) is 89.3 cm³/mol. The number of hydrogen-bond donors (Lipinski definition) is 2. The average molecular weight is 306 g/mol. The molecule has 2 heterocycles. The zero-order valence-electron chi connectivity index (χ0n) is 13.2. The normalized spacial score (nSPS) is 13.0. The van der Waals surface area contributed by atoms with Crippen LogP contribution in [-0.2, 0) is 12.8 Å². The molecule has 2 aromatic heterocycles. The molecule has 1 atom stereocenters. The van der Waals surface area contributed by atoms with Crippen LogP contribution in [0.3, 0.4) is 0 Å². The number of thiophene rings is 1. The molecule has 0 aliphatic heterocycles. The highest BCUT2D eigenvalue weighted by Gasteiger charge is 2.15. The topological polar surface area (TPSA) is 55.9 Å². The molecule has 0 bridgehead atoms. The Hall–Kier alpha value is -1.17. The van der Waals surface area contributed by atoms with Crippen molar-refractivity contribution in [1.82, 2.24) is 15.2 Å². The molecule has 2 rings (SSSR count). The largest absolute Gasteiger partial charge is 0.271 e. The van der Waals surface area contributed by atoms with E-state index in [2.05, 4.69) is 55.3 Å². The lowest BCUT2D eigenvalue weighted by molar-refractivity contribution is 0.423. The van der Waals surface area contributed by atoms with Gasteiger partial charge in [0, 0.05) is 22.4 Å². The molecule has 0 aliphatic rings. The van der Waals surface area contributed by atoms with E-state index >= 15 is 0 Å². The minimum absolute atomic E-state index is 0.139. The van der Waals surface area contributed by atoms with Gasteiger partial charge in [0.25, 0.3) is 0 Å². The van der Waals surface area contributed by atoms with E-state index in [4.69, 9.17) is 10.9 Å². The lowest BCUT2D eigenvalue weighted by atomic mass is 10.1. The number of hydrogen-bond acceptors (Lipinski definition) is 4. The molecule has 0 fully saturated rings. The van der Waals surface area contributed by atoms with Gasteiger partial charge >= 0.3 is 0 Å². The summed E-state index contributed by atoms with van der Waals surface area (Å²) in [5, 5.41) is 4.72. The second-order valence-corrected chi connectivity index (χ2v) is 6.54. The van der Waals surface area contributed by atoms with Crippen molar-refractivity contribution in [2.45, 2.75) is 58.5 Å². The highest BCUT2D eigenvalue weighted by atomic mass is 32.1. The molecule has 4 nitrogen and oxygen atoms in total. The zero-order chi connectivity index (χ0) is 15.2. The third-order valence-electron chi connectivity index (χ3n) is 3.97. The first-order chi connectivity index (χ1) is 10.2. The lowest BCUT2D eigenvalue weighted by Gasteiger charge is -2.14. The maximum absolute atomic E-state index is 5.74. The predicted octanol–water partition coefficient (Wildman–Crippen LogP) is 3.62. The first kappa shape index (κ1) is 16.2. The Morgan fingerprint density at radius 2 is 2.00 bits per heavy atom. The standard InChI is InChI=1S/C16H26N4S/c1-4-13(5-2)20-10-9-12(19-20)11-15(18-17)16-8-7-14(6-3)21-16/h7-10,13,15,18H,4-6,11,17H2,1-3H3. The minimum atomic E-state index is 0.139. The number of nitrogens with zero attached hydrogens (tertiary/aromatic N) is 2. The third kappa shape index (κ3) is 3.93. The highest BCUT2D eigenvalue weighted by molar-refractivity contribution is 7.12. The van der Waals surface area contributed by atoms with Crippen LogP contribution in [-0.4, -0.2) is 9.78 Å². The second kappa shape index (κ2) is 7.73. The summed E-state index contributed by atoms with van der Waals surface area (Å²) >= 11 is 1.83. The molecule has 3 N–H and O–H groups in total. The van der Waals surface area contributed by atoms with Gasteiger partial charge in [-0.15, -0.1) is 11.3 Å². The van der Waals surface area contributed by atoms with E-state index in [1.165, 1.54) is 9.75 Å². The van der Waals surface area contributed by atoms with Crippen molar-refractivity contribution in [2.24, 2.45) is 5.84 Å². The molecule has 0 aromatic carbocycles. The van der Waals surface area contributed by atoms with Crippen molar-refractivity contribution >= 4 is 11.3 Å². The molecule has 0 amide bonds. The van der Waals surface area contributed by atoms with Gasteiger partial charge in [-0.3, -0.25) is 16.0 Å². The molecule has 5 heteroatoms. The van der Waals surface area contributed by atoms with Crippen LogP contribution >= 0.6 is 11.3 Å². The molecular formula is C16H26N4S. The summed E-state index contributed by atoms with van der Waals surface area (Å²) in [6, 6.07) is 7.10. The van der Waals surface area contributed by atoms with E-state index in [9.17, 15) is 0 Å². The maximum atomic E-state index is 5.74. The van der Waals surface area contributed by atoms with Crippen molar-refractivity contribution < 1.29 is 0 Å². The van der Waals surface area contributed by atoms with E-state index in [1.54, 1.807) is 0 Å². The number of aromatic nitrogens is 2. The fraction of sp³-hybridized carbons (Fsp3) is 0.562. The smallest absolute Gasteiger partial charge is 0.0644 e. The highest BCUT2D eigenvalue weighted by Crippen LogP contribution is 2.26. The second-order valence-electron chi connectivity index (χ2n) is 5.34. The van der Waals surface area contributed by atoms with Crippen molar-refractivity contribution in [2.75, 3.05) is 0 Å². The summed E-state index contributed by atoms with van der Waals surface area (Å²) < 4.78 is 2.09. The van der Waals surface area contributed by atoms with Crippen LogP contribution in [0.15, 0.2) is 24.4 Å². The van der Waals surface area contributed by atoms with Gasteiger partial charge in [0.05, 0.1) is 17.8 Å². The van der Waals surface area contributed by atoms with Crippen LogP contribution in [0, 0.1) is 0 Å². The van der Waals surface area contributed by atoms with Gasteiger partial charge in [-0.2, -0.15) is 5.10 Å². The van der Waals surface area contributed by atoms with Crippen molar-refractivity contribution in [1.29, 1.82) is 0 Å². The van der Waals surface area contributed by atoms with E-state index in [1.807, 2.05) is 11.3 Å². The lowest BCUT2D eigenvalue weighted by Crippen LogP contribution is -2.29. The number of nitrogens with two attached hydrogens (primary N) is 1. The molecule has 21 heavy (non-hydrogen) atoms. The van der Waals surface area contributed by atoms with E-state index < -0.39 is 0 Å². The maximum Gasteiger partial charge on any atom is 0.0644 e. The number of nitrogens with one attached hydrogen (secondary N) is 1. The van der Waals surface area contributed by atoms with Gasteiger partial charge in [0.15, 0.2) is 0 Å². The Morgan fingerprint density at radius 1 is 1.24 bits per heavy atom. The Labute approximate surface area is 131 Å². The monoisotopic (exact) mass is 306 g/mol. The summed E-state index contributed by atoms with van der Waals surface area (Å²) in [6.45, 7) is 6.59. The van der Waals surface area contributed by atoms with Gasteiger partial charge in [-0.05, 0) is 37.5 Å². The molecule has 0 radical (unpaired) electrons. The number of aryl methyl sites for hydroxylation is 1. The van der Waals surface area contributed by atoms with Gasteiger partial charge < -0.3 is 0 Å². The third-order valence-corrected chi connectivity index (χ3v) is 5.31. The van der Waals surface area contributed by atoms with Crippen molar-refractivity contribution in [3.8, 4) is 0 Å². The summed E-state index contributed by atoms with van der Waals surface area (Å²) in [4.78, 5) is 2.68.